The lowest BCUT2D eigenvalue weighted by molar-refractivity contribution is -0.147. The summed E-state index contributed by atoms with van der Waals surface area (Å²) in [6.07, 6.45) is 8.24. The van der Waals surface area contributed by atoms with Gasteiger partial charge in [-0.2, -0.15) is 0 Å². The Bertz CT molecular complexity index is 803. The molecular weight excluding hydrogens is 432 g/mol. The standard InChI is InChI=1S/C25H33ClO6/c1-17(2)32-25(30)11-6-4-3-5-10-21-22(24(29)15-23(21)28)13-12-19(27)16-31-20-9-7-8-18(26)14-20/h3,5,7-9,12-14,17,21-24,28-29H,4,6,10-11,15-16H2,1-2H3/b5-3-,13-12+/t21-,22-,23+,24-/m1/s1. The first-order valence-corrected chi connectivity index (χ1v) is 11.4. The minimum Gasteiger partial charge on any atom is -0.485 e. The molecule has 1 aromatic rings. The Morgan fingerprint density at radius 1 is 1.22 bits per heavy atom. The van der Waals surface area contributed by atoms with Crippen LogP contribution in [0.4, 0.5) is 0 Å². The second kappa shape index (κ2) is 13.4. The zero-order valence-corrected chi connectivity index (χ0v) is 19.4. The zero-order chi connectivity index (χ0) is 23.5. The molecule has 1 aliphatic rings. The van der Waals surface area contributed by atoms with Gasteiger partial charge in [-0.3, -0.25) is 9.59 Å². The summed E-state index contributed by atoms with van der Waals surface area (Å²) in [5, 5.41) is 21.2. The van der Waals surface area contributed by atoms with Crippen molar-refractivity contribution in [3.63, 3.8) is 0 Å². The highest BCUT2D eigenvalue weighted by molar-refractivity contribution is 6.30. The quantitative estimate of drug-likeness (QED) is 0.208. The molecule has 0 aliphatic heterocycles. The average molecular weight is 465 g/mol. The minimum atomic E-state index is -0.702. The maximum Gasteiger partial charge on any atom is 0.306 e. The molecule has 0 amide bonds. The first-order chi connectivity index (χ1) is 15.3. The number of unbranched alkanes of at least 4 members (excludes halogenated alkanes) is 1. The summed E-state index contributed by atoms with van der Waals surface area (Å²) in [5.74, 6) is -0.412. The maximum atomic E-state index is 12.2. The van der Waals surface area contributed by atoms with Crippen LogP contribution in [0.1, 0.15) is 46.0 Å². The molecule has 0 radical (unpaired) electrons. The van der Waals surface area contributed by atoms with Crippen molar-refractivity contribution in [2.24, 2.45) is 11.8 Å². The molecule has 176 valence electrons. The number of allylic oxidation sites excluding steroid dienone is 2. The van der Waals surface area contributed by atoms with Crippen LogP contribution in [0.25, 0.3) is 0 Å². The van der Waals surface area contributed by atoms with Crippen molar-refractivity contribution in [2.75, 3.05) is 6.61 Å². The molecule has 32 heavy (non-hydrogen) atoms. The molecule has 1 fully saturated rings. The first-order valence-electron chi connectivity index (χ1n) is 11.1. The van der Waals surface area contributed by atoms with Gasteiger partial charge in [0.25, 0.3) is 0 Å². The molecule has 0 unspecified atom stereocenters. The highest BCUT2D eigenvalue weighted by atomic mass is 35.5. The summed E-state index contributed by atoms with van der Waals surface area (Å²) in [7, 11) is 0. The number of ketones is 1. The normalized spacial score (nSPS) is 23.3. The lowest BCUT2D eigenvalue weighted by atomic mass is 9.89. The van der Waals surface area contributed by atoms with E-state index in [1.54, 1.807) is 30.3 Å². The first kappa shape index (κ1) is 26.1. The average Bonchev–Trinajstić information content (AvgIpc) is 2.99. The smallest absolute Gasteiger partial charge is 0.306 e. The van der Waals surface area contributed by atoms with Gasteiger partial charge in [0.15, 0.2) is 12.4 Å². The third-order valence-corrected chi connectivity index (χ3v) is 5.53. The summed E-state index contributed by atoms with van der Waals surface area (Å²) in [4.78, 5) is 23.7. The lowest BCUT2D eigenvalue weighted by Gasteiger charge is -2.19. The van der Waals surface area contributed by atoms with Crippen molar-refractivity contribution in [2.45, 2.75) is 64.3 Å². The summed E-state index contributed by atoms with van der Waals surface area (Å²) >= 11 is 5.90. The summed E-state index contributed by atoms with van der Waals surface area (Å²) < 4.78 is 10.5. The van der Waals surface area contributed by atoms with Gasteiger partial charge in [0, 0.05) is 23.8 Å². The number of aliphatic hydroxyl groups excluding tert-OH is 2. The summed E-state index contributed by atoms with van der Waals surface area (Å²) in [6.45, 7) is 3.51. The highest BCUT2D eigenvalue weighted by Crippen LogP contribution is 2.36. The Balaban J connectivity index is 1.79. The summed E-state index contributed by atoms with van der Waals surface area (Å²) in [5.41, 5.74) is 0. The highest BCUT2D eigenvalue weighted by Gasteiger charge is 2.39. The number of esters is 1. The number of carbonyl (C=O) groups excluding carboxylic acids is 2. The van der Waals surface area contributed by atoms with Gasteiger partial charge >= 0.3 is 5.97 Å². The van der Waals surface area contributed by atoms with Gasteiger partial charge in [0.1, 0.15) is 5.75 Å². The third-order valence-electron chi connectivity index (χ3n) is 5.29. The molecule has 0 aromatic heterocycles. The Labute approximate surface area is 194 Å². The van der Waals surface area contributed by atoms with E-state index in [-0.39, 0.29) is 42.7 Å². The van der Waals surface area contributed by atoms with E-state index in [1.165, 1.54) is 6.08 Å². The predicted octanol–water partition coefficient (Wildman–Crippen LogP) is 4.27. The van der Waals surface area contributed by atoms with Gasteiger partial charge in [0.2, 0.25) is 0 Å². The van der Waals surface area contributed by atoms with Crippen molar-refractivity contribution in [1.82, 2.24) is 0 Å². The van der Waals surface area contributed by atoms with Gasteiger partial charge in [0.05, 0.1) is 18.3 Å². The SMILES string of the molecule is CC(C)OC(=O)CCC/C=C\C[C@@H]1[C@@H](/C=C/C(=O)COc2cccc(Cl)c2)[C@H](O)C[C@@H]1O. The van der Waals surface area contributed by atoms with E-state index in [1.807, 2.05) is 26.0 Å². The molecule has 0 bridgehead atoms. The molecule has 2 N–H and O–H groups in total. The van der Waals surface area contributed by atoms with Crippen LogP contribution in [0.5, 0.6) is 5.75 Å². The molecule has 6 nitrogen and oxygen atoms in total. The molecule has 0 saturated heterocycles. The second-order valence-electron chi connectivity index (χ2n) is 8.32. The van der Waals surface area contributed by atoms with Gasteiger partial charge in [-0.15, -0.1) is 0 Å². The van der Waals surface area contributed by atoms with E-state index in [0.29, 0.717) is 30.0 Å². The van der Waals surface area contributed by atoms with Crippen molar-refractivity contribution < 1.29 is 29.3 Å². The largest absolute Gasteiger partial charge is 0.485 e. The predicted molar refractivity (Wildman–Crippen MR) is 124 cm³/mol. The second-order valence-corrected chi connectivity index (χ2v) is 8.76. The fourth-order valence-electron chi connectivity index (χ4n) is 3.74. The van der Waals surface area contributed by atoms with Gasteiger partial charge in [-0.1, -0.05) is 35.9 Å². The molecule has 4 atom stereocenters. The number of benzene rings is 1. The number of ether oxygens (including phenoxy) is 2. The van der Waals surface area contributed by atoms with E-state index in [2.05, 4.69) is 0 Å². The van der Waals surface area contributed by atoms with Crippen LogP contribution in [0.3, 0.4) is 0 Å². The number of rotatable bonds is 12. The lowest BCUT2D eigenvalue weighted by Crippen LogP contribution is -2.20. The van der Waals surface area contributed by atoms with Crippen molar-refractivity contribution in [3.05, 3.63) is 53.6 Å². The number of halogens is 1. The van der Waals surface area contributed by atoms with Crippen LogP contribution in [-0.2, 0) is 14.3 Å². The van der Waals surface area contributed by atoms with Gasteiger partial charge in [-0.25, -0.2) is 0 Å². The fourth-order valence-corrected chi connectivity index (χ4v) is 3.92. The van der Waals surface area contributed by atoms with Crippen LogP contribution < -0.4 is 4.74 Å². The molecule has 0 heterocycles. The number of aliphatic hydroxyl groups is 2. The topological polar surface area (TPSA) is 93.1 Å². The summed E-state index contributed by atoms with van der Waals surface area (Å²) in [6, 6.07) is 6.81. The van der Waals surface area contributed by atoms with E-state index >= 15 is 0 Å². The third kappa shape index (κ3) is 9.15. The zero-order valence-electron chi connectivity index (χ0n) is 18.7. The Morgan fingerprint density at radius 2 is 2.00 bits per heavy atom. The van der Waals surface area contributed by atoms with Gasteiger partial charge < -0.3 is 19.7 Å². The Morgan fingerprint density at radius 3 is 2.72 bits per heavy atom. The molecule has 0 spiro atoms. The van der Waals surface area contributed by atoms with E-state index in [0.717, 1.165) is 6.42 Å². The Kier molecular flexibility index (Phi) is 10.9. The number of hydrogen-bond acceptors (Lipinski definition) is 6. The Hall–Kier alpha value is -2.15. The maximum absolute atomic E-state index is 12.2. The van der Waals surface area contributed by atoms with E-state index in [4.69, 9.17) is 21.1 Å². The number of carbonyl (C=O) groups is 2. The van der Waals surface area contributed by atoms with Crippen molar-refractivity contribution in [1.29, 1.82) is 0 Å². The molecule has 1 saturated carbocycles. The number of hydrogen-bond donors (Lipinski definition) is 2. The van der Waals surface area contributed by atoms with Crippen LogP contribution in [0, 0.1) is 11.8 Å². The minimum absolute atomic E-state index is 0.103. The van der Waals surface area contributed by atoms with E-state index in [9.17, 15) is 19.8 Å². The van der Waals surface area contributed by atoms with Crippen LogP contribution in [0.15, 0.2) is 48.6 Å². The van der Waals surface area contributed by atoms with Gasteiger partial charge in [-0.05, 0) is 63.3 Å². The fraction of sp³-hybridized carbons (Fsp3) is 0.520. The molecule has 1 aliphatic carbocycles. The van der Waals surface area contributed by atoms with Crippen molar-refractivity contribution in [3.8, 4) is 5.75 Å². The molecular formula is C25H33ClO6. The van der Waals surface area contributed by atoms with Crippen LogP contribution in [0.2, 0.25) is 5.02 Å². The van der Waals surface area contributed by atoms with Crippen molar-refractivity contribution >= 4 is 23.4 Å². The molecule has 7 heteroatoms. The van der Waals surface area contributed by atoms with E-state index < -0.39 is 12.2 Å². The monoisotopic (exact) mass is 464 g/mol. The van der Waals surface area contributed by atoms with Crippen LogP contribution in [-0.4, -0.2) is 46.9 Å². The molecule has 1 aromatic carbocycles. The molecule has 2 rings (SSSR count). The van der Waals surface area contributed by atoms with Crippen LogP contribution >= 0.6 is 11.6 Å².